The normalized spacial score (nSPS) is 12.1. The van der Waals surface area contributed by atoms with Gasteiger partial charge in [0.2, 0.25) is 10.0 Å². The number of para-hydroxylation sites is 1. The van der Waals surface area contributed by atoms with Crippen LogP contribution in [0, 0.1) is 0 Å². The van der Waals surface area contributed by atoms with Crippen LogP contribution in [0.25, 0.3) is 0 Å². The zero-order valence-electron chi connectivity index (χ0n) is 18.4. The number of hydrogen-bond donors (Lipinski definition) is 1. The maximum atomic E-state index is 12.5. The van der Waals surface area contributed by atoms with E-state index in [4.69, 9.17) is 4.74 Å². The van der Waals surface area contributed by atoms with Gasteiger partial charge >= 0.3 is 0 Å². The predicted molar refractivity (Wildman–Crippen MR) is 119 cm³/mol. The van der Waals surface area contributed by atoms with E-state index in [9.17, 15) is 13.2 Å². The molecule has 0 aliphatic heterocycles. The van der Waals surface area contributed by atoms with Crippen LogP contribution in [0.1, 0.15) is 45.7 Å². The van der Waals surface area contributed by atoms with E-state index in [1.807, 2.05) is 38.1 Å². The van der Waals surface area contributed by atoms with Gasteiger partial charge in [0.05, 0.1) is 4.90 Å². The van der Waals surface area contributed by atoms with E-state index in [2.05, 4.69) is 26.1 Å². The van der Waals surface area contributed by atoms with Gasteiger partial charge in [0.25, 0.3) is 5.91 Å². The van der Waals surface area contributed by atoms with Gasteiger partial charge in [0.1, 0.15) is 5.75 Å². The molecule has 2 aromatic rings. The van der Waals surface area contributed by atoms with Gasteiger partial charge < -0.3 is 10.1 Å². The fourth-order valence-electron chi connectivity index (χ4n) is 3.10. The molecule has 2 rings (SSSR count). The van der Waals surface area contributed by atoms with Crippen LogP contribution in [-0.2, 0) is 26.8 Å². The van der Waals surface area contributed by atoms with Crippen LogP contribution in [0.2, 0.25) is 0 Å². The summed E-state index contributed by atoms with van der Waals surface area (Å²) in [6, 6.07) is 14.3. The molecule has 30 heavy (non-hydrogen) atoms. The highest BCUT2D eigenvalue weighted by Gasteiger charge is 2.21. The summed E-state index contributed by atoms with van der Waals surface area (Å²) in [5.41, 5.74) is 1.78. The third-order valence-electron chi connectivity index (χ3n) is 4.81. The highest BCUT2D eigenvalue weighted by atomic mass is 32.2. The number of carbonyl (C=O) groups excluding carboxylic acids is 1. The van der Waals surface area contributed by atoms with Crippen LogP contribution in [0.4, 0.5) is 0 Å². The molecule has 1 N–H and O–H groups in total. The van der Waals surface area contributed by atoms with E-state index in [-0.39, 0.29) is 22.8 Å². The molecule has 0 unspecified atom stereocenters. The third kappa shape index (κ3) is 6.06. The molecule has 0 heterocycles. The number of nitrogens with one attached hydrogen (secondary N) is 1. The number of nitrogens with zero attached hydrogens (tertiary/aromatic N) is 1. The van der Waals surface area contributed by atoms with E-state index >= 15 is 0 Å². The van der Waals surface area contributed by atoms with Gasteiger partial charge in [-0.1, -0.05) is 65.0 Å². The topological polar surface area (TPSA) is 75.7 Å². The number of benzene rings is 2. The molecule has 0 aliphatic carbocycles. The molecular formula is C23H32N2O4S. The summed E-state index contributed by atoms with van der Waals surface area (Å²) in [6.45, 7) is 11.0. The summed E-state index contributed by atoms with van der Waals surface area (Å²) in [7, 11) is -3.48. The minimum atomic E-state index is -3.48. The van der Waals surface area contributed by atoms with Crippen molar-refractivity contribution in [1.82, 2.24) is 9.62 Å². The van der Waals surface area contributed by atoms with Gasteiger partial charge in [-0.25, -0.2) is 8.42 Å². The first kappa shape index (κ1) is 23.9. The highest BCUT2D eigenvalue weighted by Crippen LogP contribution is 2.30. The van der Waals surface area contributed by atoms with E-state index in [1.165, 1.54) is 4.31 Å². The Labute approximate surface area is 180 Å². The van der Waals surface area contributed by atoms with Gasteiger partial charge in [0, 0.05) is 19.6 Å². The van der Waals surface area contributed by atoms with Crippen molar-refractivity contribution in [1.29, 1.82) is 0 Å². The van der Waals surface area contributed by atoms with Crippen LogP contribution in [0.5, 0.6) is 5.75 Å². The molecule has 164 valence electrons. The molecular weight excluding hydrogens is 400 g/mol. The van der Waals surface area contributed by atoms with Crippen molar-refractivity contribution in [2.24, 2.45) is 0 Å². The Kier molecular flexibility index (Phi) is 8.03. The molecule has 6 nitrogen and oxygen atoms in total. The van der Waals surface area contributed by atoms with Crippen molar-refractivity contribution in [3.63, 3.8) is 0 Å². The first-order chi connectivity index (χ1) is 14.1. The second-order valence-corrected chi connectivity index (χ2v) is 9.98. The molecule has 0 radical (unpaired) electrons. The first-order valence-electron chi connectivity index (χ1n) is 10.2. The fourth-order valence-corrected chi connectivity index (χ4v) is 4.56. The van der Waals surface area contributed by atoms with E-state index < -0.39 is 10.0 Å². The quantitative estimate of drug-likeness (QED) is 0.655. The first-order valence-corrected chi connectivity index (χ1v) is 11.6. The summed E-state index contributed by atoms with van der Waals surface area (Å²) in [5.74, 6) is 0.463. The number of hydrogen-bond acceptors (Lipinski definition) is 4. The van der Waals surface area contributed by atoms with Crippen LogP contribution in [-0.4, -0.2) is 38.3 Å². The molecule has 0 saturated carbocycles. The van der Waals surface area contributed by atoms with E-state index in [0.717, 1.165) is 11.1 Å². The van der Waals surface area contributed by atoms with Crippen molar-refractivity contribution in [3.05, 3.63) is 59.7 Å². The van der Waals surface area contributed by atoms with Crippen molar-refractivity contribution >= 4 is 15.9 Å². The van der Waals surface area contributed by atoms with Crippen molar-refractivity contribution < 1.29 is 17.9 Å². The molecule has 0 saturated heterocycles. The van der Waals surface area contributed by atoms with Gasteiger partial charge in [0.15, 0.2) is 6.61 Å². The number of amides is 1. The van der Waals surface area contributed by atoms with Crippen LogP contribution >= 0.6 is 0 Å². The summed E-state index contributed by atoms with van der Waals surface area (Å²) >= 11 is 0. The monoisotopic (exact) mass is 432 g/mol. The zero-order valence-corrected chi connectivity index (χ0v) is 19.3. The lowest BCUT2D eigenvalue weighted by atomic mass is 9.86. The minimum Gasteiger partial charge on any atom is -0.483 e. The maximum absolute atomic E-state index is 12.5. The number of rotatable bonds is 9. The minimum absolute atomic E-state index is 0.0818. The smallest absolute Gasteiger partial charge is 0.258 e. The predicted octanol–water partition coefficient (Wildman–Crippen LogP) is 3.71. The molecule has 0 aromatic heterocycles. The van der Waals surface area contributed by atoms with Gasteiger partial charge in [-0.05, 0) is 34.7 Å². The Morgan fingerprint density at radius 1 is 1.00 bits per heavy atom. The van der Waals surface area contributed by atoms with Gasteiger partial charge in [-0.3, -0.25) is 4.79 Å². The van der Waals surface area contributed by atoms with E-state index in [0.29, 0.717) is 25.4 Å². The molecule has 0 atom stereocenters. The lowest BCUT2D eigenvalue weighted by Crippen LogP contribution is -2.30. The molecule has 7 heteroatoms. The Hall–Kier alpha value is -2.38. The molecule has 0 aliphatic rings. The average molecular weight is 433 g/mol. The molecule has 1 amide bonds. The van der Waals surface area contributed by atoms with Crippen LogP contribution < -0.4 is 10.1 Å². The lowest BCUT2D eigenvalue weighted by molar-refractivity contribution is -0.123. The largest absolute Gasteiger partial charge is 0.483 e. The van der Waals surface area contributed by atoms with Crippen molar-refractivity contribution in [3.8, 4) is 5.75 Å². The SMILES string of the molecule is CCN(CC)S(=O)(=O)c1ccc(CNC(=O)COc2ccccc2C(C)(C)C)cc1. The van der Waals surface area contributed by atoms with Gasteiger partial charge in [-0.2, -0.15) is 4.31 Å². The average Bonchev–Trinajstić information content (AvgIpc) is 2.71. The number of ether oxygens (including phenoxy) is 1. The Morgan fingerprint density at radius 3 is 2.17 bits per heavy atom. The Balaban J connectivity index is 1.93. The summed E-state index contributed by atoms with van der Waals surface area (Å²) in [6.07, 6.45) is 0. The molecule has 0 spiro atoms. The third-order valence-corrected chi connectivity index (χ3v) is 6.87. The van der Waals surface area contributed by atoms with Crippen LogP contribution in [0.3, 0.4) is 0 Å². The second-order valence-electron chi connectivity index (χ2n) is 8.04. The number of carbonyl (C=O) groups is 1. The molecule has 0 fully saturated rings. The fraction of sp³-hybridized carbons (Fsp3) is 0.435. The molecule has 0 bridgehead atoms. The Bertz CT molecular complexity index is 944. The summed E-state index contributed by atoms with van der Waals surface area (Å²) in [4.78, 5) is 12.5. The lowest BCUT2D eigenvalue weighted by Gasteiger charge is -2.22. The van der Waals surface area contributed by atoms with Crippen LogP contribution in [0.15, 0.2) is 53.4 Å². The maximum Gasteiger partial charge on any atom is 0.258 e. The van der Waals surface area contributed by atoms with E-state index in [1.54, 1.807) is 24.3 Å². The highest BCUT2D eigenvalue weighted by molar-refractivity contribution is 7.89. The Morgan fingerprint density at radius 2 is 1.60 bits per heavy atom. The van der Waals surface area contributed by atoms with Gasteiger partial charge in [-0.15, -0.1) is 0 Å². The number of sulfonamides is 1. The van der Waals surface area contributed by atoms with Crippen molar-refractivity contribution in [2.75, 3.05) is 19.7 Å². The summed E-state index contributed by atoms with van der Waals surface area (Å²) < 4.78 is 32.2. The zero-order chi connectivity index (χ0) is 22.4. The van der Waals surface area contributed by atoms with Crippen molar-refractivity contribution in [2.45, 2.75) is 51.5 Å². The standard InChI is InChI=1S/C23H32N2O4S/c1-6-25(7-2)30(27,28)19-14-12-18(13-15-19)16-24-22(26)17-29-21-11-9-8-10-20(21)23(3,4)5/h8-15H,6-7,16-17H2,1-5H3,(H,24,26). The summed E-state index contributed by atoms with van der Waals surface area (Å²) in [5, 5.41) is 2.81. The second kappa shape index (κ2) is 10.1. The molecule has 2 aromatic carbocycles.